The molecule has 0 aromatic carbocycles. The smallest absolute Gasteiger partial charge is 0.0644 e. The Labute approximate surface area is 136 Å². The first-order valence-corrected chi connectivity index (χ1v) is 8.46. The molecule has 122 valence electrons. The number of nitrogens with one attached hydrogen (secondary N) is 1. The van der Waals surface area contributed by atoms with Crippen LogP contribution in [0.15, 0.2) is 17.5 Å². The highest BCUT2D eigenvalue weighted by atomic mass is 32.1. The minimum absolute atomic E-state index is 0.121. The quantitative estimate of drug-likeness (QED) is 0.780. The van der Waals surface area contributed by atoms with Gasteiger partial charge in [-0.05, 0) is 39.4 Å². The lowest BCUT2D eigenvalue weighted by atomic mass is 10.1. The number of thiophene rings is 1. The zero-order valence-electron chi connectivity index (χ0n) is 13.8. The number of aromatic nitrogens is 2. The van der Waals surface area contributed by atoms with Crippen LogP contribution in [0.4, 0.5) is 0 Å². The summed E-state index contributed by atoms with van der Waals surface area (Å²) in [4.78, 5) is 3.62. The standard InChI is InChI=1S/C16H26N4OS/c1-12-14(13(2)20(18-12)7-8-21)10-17-11-15(19(3)4)16-6-5-9-22-16/h5-6,9,15,17,21H,7-8,10-11H2,1-4H3/t15-/m0/s1. The average Bonchev–Trinajstić information content (AvgIpc) is 3.07. The maximum atomic E-state index is 9.08. The summed E-state index contributed by atoms with van der Waals surface area (Å²) in [6, 6.07) is 4.67. The first-order chi connectivity index (χ1) is 10.5. The summed E-state index contributed by atoms with van der Waals surface area (Å²) in [6.45, 7) is 6.48. The number of nitrogens with zero attached hydrogens (tertiary/aromatic N) is 3. The molecule has 0 aliphatic rings. The SMILES string of the molecule is Cc1nn(CCO)c(C)c1CNC[C@@H](c1cccs1)N(C)C. The fourth-order valence-electron chi connectivity index (χ4n) is 2.65. The van der Waals surface area contributed by atoms with Crippen molar-refractivity contribution in [3.63, 3.8) is 0 Å². The second-order valence-corrected chi connectivity index (χ2v) is 6.70. The van der Waals surface area contributed by atoms with Crippen molar-refractivity contribution in [2.24, 2.45) is 0 Å². The molecular formula is C16H26N4OS. The van der Waals surface area contributed by atoms with Crippen LogP contribution in [0, 0.1) is 13.8 Å². The predicted octanol–water partition coefficient (Wildman–Crippen LogP) is 1.95. The van der Waals surface area contributed by atoms with Gasteiger partial charge < -0.3 is 15.3 Å². The van der Waals surface area contributed by atoms with Crippen molar-refractivity contribution in [3.05, 3.63) is 39.3 Å². The minimum Gasteiger partial charge on any atom is -0.394 e. The number of aryl methyl sites for hydroxylation is 1. The van der Waals surface area contributed by atoms with Crippen molar-refractivity contribution in [1.82, 2.24) is 20.0 Å². The van der Waals surface area contributed by atoms with Crippen LogP contribution >= 0.6 is 11.3 Å². The van der Waals surface area contributed by atoms with Gasteiger partial charge in [0, 0.05) is 29.2 Å². The Morgan fingerprint density at radius 3 is 2.77 bits per heavy atom. The van der Waals surface area contributed by atoms with Crippen LogP contribution in [0.1, 0.15) is 27.9 Å². The number of hydrogen-bond donors (Lipinski definition) is 2. The second kappa shape index (κ2) is 7.87. The van der Waals surface area contributed by atoms with Crippen molar-refractivity contribution in [3.8, 4) is 0 Å². The molecule has 0 spiro atoms. The normalized spacial score (nSPS) is 13.0. The fraction of sp³-hybridized carbons (Fsp3) is 0.562. The van der Waals surface area contributed by atoms with Gasteiger partial charge >= 0.3 is 0 Å². The Morgan fingerprint density at radius 2 is 2.18 bits per heavy atom. The van der Waals surface area contributed by atoms with E-state index in [0.717, 1.165) is 24.5 Å². The lowest BCUT2D eigenvalue weighted by Crippen LogP contribution is -2.30. The Balaban J connectivity index is 1.98. The van der Waals surface area contributed by atoms with Gasteiger partial charge in [-0.3, -0.25) is 4.68 Å². The predicted molar refractivity (Wildman–Crippen MR) is 91.2 cm³/mol. The highest BCUT2D eigenvalue weighted by molar-refractivity contribution is 7.10. The molecule has 5 nitrogen and oxygen atoms in total. The topological polar surface area (TPSA) is 53.3 Å². The van der Waals surface area contributed by atoms with Crippen LogP contribution in [0.2, 0.25) is 0 Å². The zero-order valence-corrected chi connectivity index (χ0v) is 14.7. The molecule has 2 rings (SSSR count). The summed E-state index contributed by atoms with van der Waals surface area (Å²) in [7, 11) is 4.23. The van der Waals surface area contributed by atoms with Gasteiger partial charge in [0.25, 0.3) is 0 Å². The molecule has 2 N–H and O–H groups in total. The molecule has 2 aromatic rings. The summed E-state index contributed by atoms with van der Waals surface area (Å²) in [5.74, 6) is 0. The average molecular weight is 322 g/mol. The van der Waals surface area contributed by atoms with Gasteiger partial charge in [-0.2, -0.15) is 5.10 Å². The molecule has 2 aromatic heterocycles. The van der Waals surface area contributed by atoms with Crippen LogP contribution in [-0.2, 0) is 13.1 Å². The van der Waals surface area contributed by atoms with Gasteiger partial charge in [-0.15, -0.1) is 11.3 Å². The van der Waals surface area contributed by atoms with Crippen LogP contribution in [0.3, 0.4) is 0 Å². The summed E-state index contributed by atoms with van der Waals surface area (Å²) >= 11 is 1.80. The van der Waals surface area contributed by atoms with Gasteiger partial charge in [-0.1, -0.05) is 6.07 Å². The highest BCUT2D eigenvalue weighted by Crippen LogP contribution is 2.22. The van der Waals surface area contributed by atoms with E-state index in [9.17, 15) is 0 Å². The second-order valence-electron chi connectivity index (χ2n) is 5.72. The van der Waals surface area contributed by atoms with Crippen molar-refractivity contribution in [1.29, 1.82) is 0 Å². The van der Waals surface area contributed by atoms with Gasteiger partial charge in [0.2, 0.25) is 0 Å². The van der Waals surface area contributed by atoms with Crippen LogP contribution in [-0.4, -0.2) is 47.0 Å². The van der Waals surface area contributed by atoms with E-state index in [1.54, 1.807) is 11.3 Å². The first kappa shape index (κ1) is 17.1. The van der Waals surface area contributed by atoms with Crippen LogP contribution < -0.4 is 5.32 Å². The van der Waals surface area contributed by atoms with Gasteiger partial charge in [0.1, 0.15) is 0 Å². The van der Waals surface area contributed by atoms with E-state index >= 15 is 0 Å². The molecule has 0 saturated carbocycles. The lowest BCUT2D eigenvalue weighted by Gasteiger charge is -2.23. The van der Waals surface area contributed by atoms with E-state index in [2.05, 4.69) is 53.8 Å². The van der Waals surface area contributed by atoms with Crippen molar-refractivity contribution >= 4 is 11.3 Å². The van der Waals surface area contributed by atoms with Gasteiger partial charge in [-0.25, -0.2) is 0 Å². The van der Waals surface area contributed by atoms with Gasteiger partial charge in [0.15, 0.2) is 0 Å². The van der Waals surface area contributed by atoms with Crippen LogP contribution in [0.25, 0.3) is 0 Å². The van der Waals surface area contributed by atoms with Crippen molar-refractivity contribution in [2.75, 3.05) is 27.2 Å². The van der Waals surface area contributed by atoms with Crippen molar-refractivity contribution in [2.45, 2.75) is 33.0 Å². The summed E-state index contributed by atoms with van der Waals surface area (Å²) < 4.78 is 1.88. The Kier molecular flexibility index (Phi) is 6.14. The van der Waals surface area contributed by atoms with Crippen LogP contribution in [0.5, 0.6) is 0 Å². The highest BCUT2D eigenvalue weighted by Gasteiger charge is 2.16. The molecule has 0 bridgehead atoms. The molecule has 6 heteroatoms. The molecule has 22 heavy (non-hydrogen) atoms. The third kappa shape index (κ3) is 3.95. The number of hydrogen-bond acceptors (Lipinski definition) is 5. The third-order valence-corrected chi connectivity index (χ3v) is 4.95. The molecule has 0 aliphatic heterocycles. The van der Waals surface area contributed by atoms with Crippen molar-refractivity contribution < 1.29 is 5.11 Å². The van der Waals surface area contributed by atoms with Gasteiger partial charge in [0.05, 0.1) is 24.9 Å². The van der Waals surface area contributed by atoms with E-state index < -0.39 is 0 Å². The van der Waals surface area contributed by atoms with E-state index in [-0.39, 0.29) is 6.61 Å². The fourth-order valence-corrected chi connectivity index (χ4v) is 3.58. The molecule has 1 atom stereocenters. The molecule has 0 amide bonds. The molecular weight excluding hydrogens is 296 g/mol. The zero-order chi connectivity index (χ0) is 16.1. The van der Waals surface area contributed by atoms with E-state index in [1.807, 2.05) is 11.6 Å². The monoisotopic (exact) mass is 322 g/mol. The molecule has 0 saturated heterocycles. The largest absolute Gasteiger partial charge is 0.394 e. The van der Waals surface area contributed by atoms with E-state index in [4.69, 9.17) is 5.11 Å². The number of aliphatic hydroxyl groups is 1. The number of aliphatic hydroxyl groups excluding tert-OH is 1. The molecule has 0 unspecified atom stereocenters. The van der Waals surface area contributed by atoms with E-state index in [1.165, 1.54) is 10.4 Å². The Hall–Kier alpha value is -1.21. The molecule has 0 radical (unpaired) electrons. The lowest BCUT2D eigenvalue weighted by molar-refractivity contribution is 0.267. The third-order valence-electron chi connectivity index (χ3n) is 3.98. The summed E-state index contributed by atoms with van der Waals surface area (Å²) in [5.41, 5.74) is 3.41. The number of rotatable bonds is 8. The Bertz CT molecular complexity index is 577. The maximum absolute atomic E-state index is 9.08. The summed E-state index contributed by atoms with van der Waals surface area (Å²) in [6.07, 6.45) is 0. The minimum atomic E-state index is 0.121. The molecule has 2 heterocycles. The van der Waals surface area contributed by atoms with E-state index in [0.29, 0.717) is 12.6 Å². The first-order valence-electron chi connectivity index (χ1n) is 7.59. The molecule has 0 aliphatic carbocycles. The summed E-state index contributed by atoms with van der Waals surface area (Å²) in [5, 5.41) is 19.3. The molecule has 0 fully saturated rings. The number of likely N-dealkylation sites (N-methyl/N-ethyl adjacent to an activating group) is 1. The Morgan fingerprint density at radius 1 is 1.41 bits per heavy atom. The maximum Gasteiger partial charge on any atom is 0.0644 e.